The molecular weight excluding hydrogens is 439 g/mol. The smallest absolute Gasteiger partial charge is 0.220 e. The van der Waals surface area contributed by atoms with Crippen LogP contribution in [-0.4, -0.2) is 34.5 Å². The molecule has 2 aliphatic heterocycles. The zero-order valence-corrected chi connectivity index (χ0v) is 18.5. The lowest BCUT2D eigenvalue weighted by atomic mass is 9.87. The second kappa shape index (κ2) is 7.71. The number of aryl methyl sites for hydroxylation is 1. The molecule has 0 radical (unpaired) electrons. The molecule has 1 unspecified atom stereocenters. The summed E-state index contributed by atoms with van der Waals surface area (Å²) >= 11 is 12.2. The Labute approximate surface area is 189 Å². The van der Waals surface area contributed by atoms with Crippen LogP contribution in [-0.2, 0) is 11.4 Å². The van der Waals surface area contributed by atoms with Gasteiger partial charge in [0.25, 0.3) is 0 Å². The highest BCUT2D eigenvalue weighted by Crippen LogP contribution is 2.39. The maximum atomic E-state index is 11.5. The molecule has 0 saturated carbocycles. The maximum absolute atomic E-state index is 11.5. The number of amides is 1. The average Bonchev–Trinajstić information content (AvgIpc) is 3.26. The quantitative estimate of drug-likeness (QED) is 0.582. The minimum Gasteiger partial charge on any atom is -0.489 e. The Morgan fingerprint density at radius 3 is 2.77 bits per heavy atom. The van der Waals surface area contributed by atoms with Crippen molar-refractivity contribution in [3.8, 4) is 5.75 Å². The number of aliphatic hydroxyl groups excluding tert-OH is 1. The SMILES string of the molecule is Cc1c(C(O)N2CC3(CCC(=O)N3)C2)oc2ccc(OCc3ccc(Cl)cc3Cl)cc12. The number of hydrogen-bond acceptors (Lipinski definition) is 5. The van der Waals surface area contributed by atoms with Gasteiger partial charge < -0.3 is 19.6 Å². The number of halogens is 2. The first-order valence-electron chi connectivity index (χ1n) is 10.2. The summed E-state index contributed by atoms with van der Waals surface area (Å²) in [4.78, 5) is 13.5. The summed E-state index contributed by atoms with van der Waals surface area (Å²) in [5, 5.41) is 15.9. The van der Waals surface area contributed by atoms with Crippen LogP contribution in [0, 0.1) is 6.92 Å². The van der Waals surface area contributed by atoms with Crippen LogP contribution in [0.1, 0.15) is 36.0 Å². The number of nitrogens with zero attached hydrogens (tertiary/aromatic N) is 1. The Kier molecular flexibility index (Phi) is 5.13. The third-order valence-corrected chi connectivity index (χ3v) is 6.77. The van der Waals surface area contributed by atoms with Gasteiger partial charge in [0.15, 0.2) is 12.0 Å². The molecule has 2 fully saturated rings. The van der Waals surface area contributed by atoms with Crippen LogP contribution in [0.3, 0.4) is 0 Å². The number of hydrogen-bond donors (Lipinski definition) is 2. The van der Waals surface area contributed by atoms with Crippen molar-refractivity contribution in [3.63, 3.8) is 0 Å². The minimum absolute atomic E-state index is 0.0847. The summed E-state index contributed by atoms with van der Waals surface area (Å²) in [5.74, 6) is 1.29. The van der Waals surface area contributed by atoms with Gasteiger partial charge in [-0.25, -0.2) is 0 Å². The Bertz CT molecular complexity index is 1170. The van der Waals surface area contributed by atoms with Gasteiger partial charge in [-0.2, -0.15) is 0 Å². The summed E-state index contributed by atoms with van der Waals surface area (Å²) in [6.45, 7) is 3.48. The highest BCUT2D eigenvalue weighted by molar-refractivity contribution is 6.35. The van der Waals surface area contributed by atoms with E-state index in [0.29, 0.717) is 53.3 Å². The molecule has 2 N–H and O–H groups in total. The number of likely N-dealkylation sites (tertiary alicyclic amines) is 1. The van der Waals surface area contributed by atoms with Crippen molar-refractivity contribution >= 4 is 40.1 Å². The molecule has 31 heavy (non-hydrogen) atoms. The van der Waals surface area contributed by atoms with E-state index in [0.717, 1.165) is 22.9 Å². The lowest BCUT2D eigenvalue weighted by molar-refractivity contribution is -0.124. The molecule has 5 rings (SSSR count). The number of ether oxygens (including phenoxy) is 1. The van der Waals surface area contributed by atoms with Gasteiger partial charge >= 0.3 is 0 Å². The molecule has 2 saturated heterocycles. The lowest BCUT2D eigenvalue weighted by Gasteiger charge is -2.49. The Hall–Kier alpha value is -2.25. The van der Waals surface area contributed by atoms with E-state index in [1.807, 2.05) is 36.1 Å². The Morgan fingerprint density at radius 1 is 1.26 bits per heavy atom. The molecule has 162 valence electrons. The summed E-state index contributed by atoms with van der Waals surface area (Å²) in [5.41, 5.74) is 2.21. The van der Waals surface area contributed by atoms with Gasteiger partial charge in [-0.3, -0.25) is 9.69 Å². The Morgan fingerprint density at radius 2 is 2.06 bits per heavy atom. The zero-order valence-electron chi connectivity index (χ0n) is 17.0. The molecule has 2 aliphatic rings. The van der Waals surface area contributed by atoms with E-state index in [4.69, 9.17) is 32.4 Å². The third kappa shape index (κ3) is 3.78. The molecule has 3 heterocycles. The van der Waals surface area contributed by atoms with E-state index >= 15 is 0 Å². The Balaban J connectivity index is 1.31. The van der Waals surface area contributed by atoms with Gasteiger partial charge in [-0.05, 0) is 43.7 Å². The molecule has 1 spiro atoms. The van der Waals surface area contributed by atoms with Crippen molar-refractivity contribution in [3.05, 3.63) is 63.3 Å². The van der Waals surface area contributed by atoms with E-state index in [1.54, 1.807) is 12.1 Å². The van der Waals surface area contributed by atoms with Crippen LogP contribution in [0.25, 0.3) is 11.0 Å². The summed E-state index contributed by atoms with van der Waals surface area (Å²) in [6, 6.07) is 10.9. The normalized spacial score (nSPS) is 18.9. The van der Waals surface area contributed by atoms with Crippen molar-refractivity contribution in [1.82, 2.24) is 10.2 Å². The van der Waals surface area contributed by atoms with E-state index in [2.05, 4.69) is 5.32 Å². The number of carbonyl (C=O) groups is 1. The van der Waals surface area contributed by atoms with Crippen molar-refractivity contribution in [2.75, 3.05) is 13.1 Å². The summed E-state index contributed by atoms with van der Waals surface area (Å²) < 4.78 is 11.9. The fourth-order valence-electron chi connectivity index (χ4n) is 4.44. The van der Waals surface area contributed by atoms with Crippen LogP contribution in [0.15, 0.2) is 40.8 Å². The highest BCUT2D eigenvalue weighted by Gasteiger charge is 2.50. The van der Waals surface area contributed by atoms with Crippen LogP contribution in [0.5, 0.6) is 5.75 Å². The zero-order chi connectivity index (χ0) is 21.8. The number of fused-ring (bicyclic) bond motifs is 1. The van der Waals surface area contributed by atoms with Crippen molar-refractivity contribution in [2.24, 2.45) is 0 Å². The number of carbonyl (C=O) groups excluding carboxylic acids is 1. The first-order chi connectivity index (χ1) is 14.8. The molecule has 0 aliphatic carbocycles. The number of nitrogens with one attached hydrogen (secondary N) is 1. The fraction of sp³-hybridized carbons (Fsp3) is 0.348. The second-order valence-electron chi connectivity index (χ2n) is 8.38. The first-order valence-corrected chi connectivity index (χ1v) is 10.9. The van der Waals surface area contributed by atoms with E-state index in [9.17, 15) is 9.90 Å². The number of aliphatic hydroxyl groups is 1. The highest BCUT2D eigenvalue weighted by atomic mass is 35.5. The van der Waals surface area contributed by atoms with E-state index in [-0.39, 0.29) is 11.4 Å². The third-order valence-electron chi connectivity index (χ3n) is 6.18. The van der Waals surface area contributed by atoms with Crippen LogP contribution >= 0.6 is 23.2 Å². The molecule has 2 aromatic carbocycles. The molecule has 8 heteroatoms. The van der Waals surface area contributed by atoms with Crippen LogP contribution in [0.4, 0.5) is 0 Å². The van der Waals surface area contributed by atoms with E-state index < -0.39 is 6.23 Å². The first kappa shape index (κ1) is 20.6. The monoisotopic (exact) mass is 460 g/mol. The van der Waals surface area contributed by atoms with Crippen LogP contribution in [0.2, 0.25) is 10.0 Å². The minimum atomic E-state index is -0.854. The lowest BCUT2D eigenvalue weighted by Crippen LogP contribution is -2.67. The molecule has 1 aromatic heterocycles. The molecule has 6 nitrogen and oxygen atoms in total. The fourth-order valence-corrected chi connectivity index (χ4v) is 4.90. The molecule has 1 atom stereocenters. The predicted octanol–water partition coefficient (Wildman–Crippen LogP) is 4.58. The van der Waals surface area contributed by atoms with E-state index in [1.165, 1.54) is 0 Å². The molecule has 3 aromatic rings. The molecule has 0 bridgehead atoms. The number of rotatable bonds is 5. The number of furan rings is 1. The average molecular weight is 461 g/mol. The summed E-state index contributed by atoms with van der Waals surface area (Å²) in [6.07, 6.45) is 0.511. The molecular formula is C23H22Cl2N2O4. The van der Waals surface area contributed by atoms with Gasteiger partial charge in [0.05, 0.1) is 5.54 Å². The second-order valence-corrected chi connectivity index (χ2v) is 9.22. The van der Waals surface area contributed by atoms with Gasteiger partial charge in [-0.1, -0.05) is 29.3 Å². The van der Waals surface area contributed by atoms with Crippen molar-refractivity contribution in [1.29, 1.82) is 0 Å². The standard InChI is InChI=1S/C23H22Cl2N2O4/c1-13-17-9-16(30-10-14-2-3-15(24)8-18(14)25)4-5-19(17)31-21(13)22(29)27-11-23(12-27)7-6-20(28)26-23/h2-5,8-9,22,29H,6-7,10-12H2,1H3,(H,26,28). The van der Waals surface area contributed by atoms with Gasteiger partial charge in [0, 0.05) is 46.1 Å². The molecule has 1 amide bonds. The maximum Gasteiger partial charge on any atom is 0.220 e. The van der Waals surface area contributed by atoms with Gasteiger partial charge in [0.1, 0.15) is 17.9 Å². The van der Waals surface area contributed by atoms with Gasteiger partial charge in [-0.15, -0.1) is 0 Å². The van der Waals surface area contributed by atoms with Crippen molar-refractivity contribution in [2.45, 2.75) is 38.1 Å². The van der Waals surface area contributed by atoms with Gasteiger partial charge in [0.2, 0.25) is 5.91 Å². The van der Waals surface area contributed by atoms with Crippen molar-refractivity contribution < 1.29 is 19.1 Å². The topological polar surface area (TPSA) is 74.9 Å². The number of benzene rings is 2. The van der Waals surface area contributed by atoms with Crippen LogP contribution < -0.4 is 10.1 Å². The predicted molar refractivity (Wildman–Crippen MR) is 118 cm³/mol. The summed E-state index contributed by atoms with van der Waals surface area (Å²) in [7, 11) is 0. The largest absolute Gasteiger partial charge is 0.489 e.